The smallest absolute Gasteiger partial charge is 0.422 e. The first kappa shape index (κ1) is 15.0. The average molecular weight is 271 g/mol. The molecular formula is C10H16F3NO4. The first-order chi connectivity index (χ1) is 8.42. The van der Waals surface area contributed by atoms with Crippen molar-refractivity contribution in [3.63, 3.8) is 0 Å². The van der Waals surface area contributed by atoms with E-state index in [4.69, 9.17) is 9.84 Å². The number of hydrogen-bond acceptors (Lipinski definition) is 4. The van der Waals surface area contributed by atoms with Gasteiger partial charge in [0, 0.05) is 13.1 Å². The number of aliphatic hydroxyl groups excluding tert-OH is 1. The SMILES string of the molecule is O=C(OCC(F)(F)F)N1CCC(OCCO)CC1. The minimum absolute atomic E-state index is 0.0659. The lowest BCUT2D eigenvalue weighted by molar-refractivity contribution is -0.162. The first-order valence-electron chi connectivity index (χ1n) is 5.63. The molecule has 5 nitrogen and oxygen atoms in total. The fraction of sp³-hybridized carbons (Fsp3) is 0.900. The number of likely N-dealkylation sites (tertiary alicyclic amines) is 1. The summed E-state index contributed by atoms with van der Waals surface area (Å²) in [7, 11) is 0. The molecule has 1 saturated heterocycles. The van der Waals surface area contributed by atoms with Gasteiger partial charge in [-0.15, -0.1) is 0 Å². The van der Waals surface area contributed by atoms with Crippen LogP contribution in [0.1, 0.15) is 12.8 Å². The van der Waals surface area contributed by atoms with Crippen LogP contribution >= 0.6 is 0 Å². The minimum Gasteiger partial charge on any atom is -0.440 e. The Labute approximate surface area is 102 Å². The van der Waals surface area contributed by atoms with Gasteiger partial charge < -0.3 is 19.5 Å². The maximum absolute atomic E-state index is 11.8. The number of halogens is 3. The summed E-state index contributed by atoms with van der Waals surface area (Å²) >= 11 is 0. The van der Waals surface area contributed by atoms with E-state index >= 15 is 0 Å². The molecular weight excluding hydrogens is 255 g/mol. The second-order valence-corrected chi connectivity index (χ2v) is 3.95. The Morgan fingerprint density at radius 3 is 2.44 bits per heavy atom. The molecule has 106 valence electrons. The Morgan fingerprint density at radius 2 is 1.94 bits per heavy atom. The second-order valence-electron chi connectivity index (χ2n) is 3.95. The number of amides is 1. The van der Waals surface area contributed by atoms with Crippen LogP contribution in [0.25, 0.3) is 0 Å². The predicted molar refractivity (Wildman–Crippen MR) is 55.0 cm³/mol. The van der Waals surface area contributed by atoms with E-state index in [1.54, 1.807) is 0 Å². The third kappa shape index (κ3) is 5.54. The number of ether oxygens (including phenoxy) is 2. The lowest BCUT2D eigenvalue weighted by Gasteiger charge is -2.31. The lowest BCUT2D eigenvalue weighted by Crippen LogP contribution is -2.42. The number of carbonyl (C=O) groups excluding carboxylic acids is 1. The first-order valence-corrected chi connectivity index (χ1v) is 5.63. The molecule has 0 unspecified atom stereocenters. The van der Waals surface area contributed by atoms with Gasteiger partial charge in [-0.2, -0.15) is 13.2 Å². The Balaban J connectivity index is 2.23. The zero-order valence-electron chi connectivity index (χ0n) is 9.78. The van der Waals surface area contributed by atoms with Gasteiger partial charge in [-0.25, -0.2) is 4.79 Å². The van der Waals surface area contributed by atoms with Crippen molar-refractivity contribution in [1.82, 2.24) is 4.90 Å². The van der Waals surface area contributed by atoms with Gasteiger partial charge in [0.25, 0.3) is 0 Å². The van der Waals surface area contributed by atoms with Crippen LogP contribution in [0.3, 0.4) is 0 Å². The highest BCUT2D eigenvalue weighted by atomic mass is 19.4. The van der Waals surface area contributed by atoms with E-state index in [1.165, 1.54) is 4.90 Å². The van der Waals surface area contributed by atoms with Crippen molar-refractivity contribution in [2.24, 2.45) is 0 Å². The highest BCUT2D eigenvalue weighted by molar-refractivity contribution is 5.67. The van der Waals surface area contributed by atoms with Crippen molar-refractivity contribution in [1.29, 1.82) is 0 Å². The highest BCUT2D eigenvalue weighted by Gasteiger charge is 2.31. The van der Waals surface area contributed by atoms with Crippen LogP contribution in [0.5, 0.6) is 0 Å². The third-order valence-electron chi connectivity index (χ3n) is 2.50. The highest BCUT2D eigenvalue weighted by Crippen LogP contribution is 2.17. The van der Waals surface area contributed by atoms with Crippen LogP contribution in [0.2, 0.25) is 0 Å². The zero-order valence-corrected chi connectivity index (χ0v) is 9.78. The molecule has 1 aliphatic rings. The van der Waals surface area contributed by atoms with Gasteiger partial charge in [0.2, 0.25) is 0 Å². The summed E-state index contributed by atoms with van der Waals surface area (Å²) in [6.07, 6.45) is -4.46. The lowest BCUT2D eigenvalue weighted by atomic mass is 10.1. The molecule has 18 heavy (non-hydrogen) atoms. The van der Waals surface area contributed by atoms with E-state index in [9.17, 15) is 18.0 Å². The summed E-state index contributed by atoms with van der Waals surface area (Å²) in [6.45, 7) is -0.816. The Hall–Kier alpha value is -1.02. The van der Waals surface area contributed by atoms with Crippen molar-refractivity contribution < 1.29 is 32.5 Å². The zero-order chi connectivity index (χ0) is 13.6. The van der Waals surface area contributed by atoms with Gasteiger partial charge in [-0.1, -0.05) is 0 Å². The molecule has 1 amide bonds. The molecule has 0 aromatic carbocycles. The molecule has 0 saturated carbocycles. The molecule has 1 aliphatic heterocycles. The Morgan fingerprint density at radius 1 is 1.33 bits per heavy atom. The summed E-state index contributed by atoms with van der Waals surface area (Å²) in [5, 5.41) is 8.57. The molecule has 1 N–H and O–H groups in total. The van der Waals surface area contributed by atoms with Crippen molar-refractivity contribution in [2.45, 2.75) is 25.1 Å². The largest absolute Gasteiger partial charge is 0.440 e. The topological polar surface area (TPSA) is 59.0 Å². The summed E-state index contributed by atoms with van der Waals surface area (Å²) in [6, 6.07) is 0. The van der Waals surface area contributed by atoms with Gasteiger partial charge in [0.1, 0.15) is 0 Å². The van der Waals surface area contributed by atoms with Crippen molar-refractivity contribution in [3.8, 4) is 0 Å². The molecule has 0 radical (unpaired) electrons. The Bertz CT molecular complexity index is 264. The van der Waals surface area contributed by atoms with Crippen LogP contribution < -0.4 is 0 Å². The summed E-state index contributed by atoms with van der Waals surface area (Å²) in [4.78, 5) is 12.5. The minimum atomic E-state index is -4.50. The number of alkyl halides is 3. The van der Waals surface area contributed by atoms with Crippen molar-refractivity contribution in [3.05, 3.63) is 0 Å². The van der Waals surface area contributed by atoms with Gasteiger partial charge in [0.05, 0.1) is 19.3 Å². The van der Waals surface area contributed by atoms with E-state index in [0.717, 1.165) is 0 Å². The molecule has 0 bridgehead atoms. The third-order valence-corrected chi connectivity index (χ3v) is 2.50. The van der Waals surface area contributed by atoms with Crippen LogP contribution in [0.4, 0.5) is 18.0 Å². The predicted octanol–water partition coefficient (Wildman–Crippen LogP) is 1.16. The second kappa shape index (κ2) is 6.79. The van der Waals surface area contributed by atoms with Crippen molar-refractivity contribution >= 4 is 6.09 Å². The van der Waals surface area contributed by atoms with Gasteiger partial charge in [-0.3, -0.25) is 0 Å². The number of rotatable bonds is 4. The van der Waals surface area contributed by atoms with Crippen LogP contribution in [-0.4, -0.2) is 61.3 Å². The summed E-state index contributed by atoms with van der Waals surface area (Å²) in [5.74, 6) is 0. The van der Waals surface area contributed by atoms with E-state index in [0.29, 0.717) is 25.9 Å². The van der Waals surface area contributed by atoms with Crippen molar-refractivity contribution in [2.75, 3.05) is 32.9 Å². The van der Waals surface area contributed by atoms with E-state index < -0.39 is 18.9 Å². The van der Waals surface area contributed by atoms with E-state index in [-0.39, 0.29) is 19.3 Å². The molecule has 0 aromatic heterocycles. The fourth-order valence-corrected chi connectivity index (χ4v) is 1.66. The number of hydrogen-bond donors (Lipinski definition) is 1. The van der Waals surface area contributed by atoms with Gasteiger partial charge in [-0.05, 0) is 12.8 Å². The van der Waals surface area contributed by atoms with Crippen LogP contribution in [0, 0.1) is 0 Å². The summed E-state index contributed by atoms with van der Waals surface area (Å²) in [5.41, 5.74) is 0. The standard InChI is InChI=1S/C10H16F3NO4/c11-10(12,13)7-18-9(16)14-3-1-8(2-4-14)17-6-5-15/h8,15H,1-7H2. The quantitative estimate of drug-likeness (QED) is 0.833. The molecule has 0 aromatic rings. The normalized spacial score (nSPS) is 17.9. The molecule has 0 aliphatic carbocycles. The maximum Gasteiger partial charge on any atom is 0.422 e. The summed E-state index contributed by atoms with van der Waals surface area (Å²) < 4.78 is 44.9. The number of carbonyl (C=O) groups is 1. The number of piperidine rings is 1. The monoisotopic (exact) mass is 271 g/mol. The molecule has 0 atom stereocenters. The maximum atomic E-state index is 11.8. The van der Waals surface area contributed by atoms with Crippen LogP contribution in [0.15, 0.2) is 0 Å². The van der Waals surface area contributed by atoms with E-state index in [1.807, 2.05) is 0 Å². The molecule has 1 fully saturated rings. The van der Waals surface area contributed by atoms with E-state index in [2.05, 4.69) is 4.74 Å². The molecule has 1 rings (SSSR count). The number of nitrogens with zero attached hydrogens (tertiary/aromatic N) is 1. The van der Waals surface area contributed by atoms with Gasteiger partial charge in [0.15, 0.2) is 6.61 Å². The van der Waals surface area contributed by atoms with Crippen LogP contribution in [-0.2, 0) is 9.47 Å². The fourth-order valence-electron chi connectivity index (χ4n) is 1.66. The average Bonchev–Trinajstić information content (AvgIpc) is 2.33. The molecule has 8 heteroatoms. The molecule has 1 heterocycles. The Kier molecular flexibility index (Phi) is 5.67. The molecule has 0 spiro atoms. The number of aliphatic hydroxyl groups is 1. The van der Waals surface area contributed by atoms with Gasteiger partial charge >= 0.3 is 12.3 Å².